The number of nitrogens with zero attached hydrogens (tertiary/aromatic N) is 2. The smallest absolute Gasteiger partial charge is 0.261 e. The summed E-state index contributed by atoms with van der Waals surface area (Å²) in [4.78, 5) is 14.3. The quantitative estimate of drug-likeness (QED) is 0.785. The number of aromatic nitrogens is 2. The van der Waals surface area contributed by atoms with E-state index in [1.807, 2.05) is 56.8 Å². The Morgan fingerprint density at radius 2 is 2.08 bits per heavy atom. The summed E-state index contributed by atoms with van der Waals surface area (Å²) in [5, 5.41) is 8.47. The van der Waals surface area contributed by atoms with Crippen LogP contribution < -0.4 is 10.1 Å². The van der Waals surface area contributed by atoms with Gasteiger partial charge in [0.05, 0.1) is 23.7 Å². The zero-order chi connectivity index (χ0) is 17.4. The van der Waals surface area contributed by atoms with Gasteiger partial charge in [0.2, 0.25) is 0 Å². The molecule has 0 radical (unpaired) electrons. The first-order chi connectivity index (χ1) is 11.4. The normalized spacial score (nSPS) is 12.4. The molecule has 2 aromatic heterocycles. The molecule has 1 amide bonds. The lowest BCUT2D eigenvalue weighted by Gasteiger charge is -2.17. The third kappa shape index (κ3) is 2.89. The second-order valence-corrected chi connectivity index (χ2v) is 7.01. The molecule has 0 spiro atoms. The highest BCUT2D eigenvalue weighted by Gasteiger charge is 2.19. The van der Waals surface area contributed by atoms with E-state index in [0.29, 0.717) is 4.88 Å². The van der Waals surface area contributed by atoms with Gasteiger partial charge in [-0.2, -0.15) is 5.10 Å². The van der Waals surface area contributed by atoms with Crippen molar-refractivity contribution in [2.24, 2.45) is 7.05 Å². The predicted octanol–water partition coefficient (Wildman–Crippen LogP) is 3.75. The number of hydrogen-bond donors (Lipinski definition) is 1. The highest BCUT2D eigenvalue weighted by Crippen LogP contribution is 2.29. The molecule has 1 atom stereocenters. The molecular weight excluding hydrogens is 322 g/mol. The summed E-state index contributed by atoms with van der Waals surface area (Å²) in [6.45, 7) is 5.95. The van der Waals surface area contributed by atoms with Crippen LogP contribution >= 0.6 is 11.3 Å². The molecule has 0 fully saturated rings. The minimum atomic E-state index is -0.142. The van der Waals surface area contributed by atoms with E-state index >= 15 is 0 Å². The van der Waals surface area contributed by atoms with Crippen molar-refractivity contribution in [3.63, 3.8) is 0 Å². The van der Waals surface area contributed by atoms with E-state index in [1.54, 1.807) is 7.11 Å². The third-order valence-corrected chi connectivity index (χ3v) is 5.32. The summed E-state index contributed by atoms with van der Waals surface area (Å²) in [7, 11) is 3.54. The summed E-state index contributed by atoms with van der Waals surface area (Å²) in [5.41, 5.74) is 3.05. The summed E-state index contributed by atoms with van der Waals surface area (Å²) >= 11 is 1.46. The average molecular weight is 343 g/mol. The van der Waals surface area contributed by atoms with Crippen LogP contribution in [0.3, 0.4) is 0 Å². The number of carbonyl (C=O) groups excluding carboxylic acids is 1. The molecule has 3 aromatic rings. The minimum absolute atomic E-state index is 0.0772. The van der Waals surface area contributed by atoms with E-state index in [-0.39, 0.29) is 11.9 Å². The minimum Gasteiger partial charge on any atom is -0.496 e. The largest absolute Gasteiger partial charge is 0.496 e. The highest BCUT2D eigenvalue weighted by atomic mass is 32.1. The van der Waals surface area contributed by atoms with Gasteiger partial charge in [0, 0.05) is 18.0 Å². The van der Waals surface area contributed by atoms with Gasteiger partial charge in [-0.05, 0) is 32.9 Å². The topological polar surface area (TPSA) is 56.1 Å². The van der Waals surface area contributed by atoms with Gasteiger partial charge in [0.25, 0.3) is 5.91 Å². The van der Waals surface area contributed by atoms with E-state index in [4.69, 9.17) is 4.74 Å². The van der Waals surface area contributed by atoms with Crippen LogP contribution in [0.15, 0.2) is 24.3 Å². The Hall–Kier alpha value is -2.34. The number of aryl methyl sites for hydroxylation is 3. The number of amides is 1. The first-order valence-electron chi connectivity index (χ1n) is 7.79. The van der Waals surface area contributed by atoms with E-state index in [1.165, 1.54) is 11.3 Å². The lowest BCUT2D eigenvalue weighted by atomic mass is 10.0. The zero-order valence-corrected chi connectivity index (χ0v) is 15.3. The fourth-order valence-corrected chi connectivity index (χ4v) is 3.88. The molecule has 0 aliphatic rings. The van der Waals surface area contributed by atoms with Gasteiger partial charge in [0.1, 0.15) is 10.6 Å². The lowest BCUT2D eigenvalue weighted by molar-refractivity contribution is 0.0943. The van der Waals surface area contributed by atoms with Crippen LogP contribution in [0.1, 0.15) is 39.5 Å². The van der Waals surface area contributed by atoms with Crippen molar-refractivity contribution in [1.82, 2.24) is 15.1 Å². The van der Waals surface area contributed by atoms with Crippen molar-refractivity contribution in [3.05, 3.63) is 46.0 Å². The first kappa shape index (κ1) is 16.5. The summed E-state index contributed by atoms with van der Waals surface area (Å²) in [6, 6.07) is 7.75. The molecule has 0 aliphatic heterocycles. The molecule has 1 unspecified atom stereocenters. The van der Waals surface area contributed by atoms with Crippen LogP contribution in [0.2, 0.25) is 0 Å². The number of hydrogen-bond acceptors (Lipinski definition) is 4. The molecule has 0 saturated carbocycles. The van der Waals surface area contributed by atoms with Gasteiger partial charge in [-0.15, -0.1) is 11.3 Å². The van der Waals surface area contributed by atoms with Crippen molar-refractivity contribution >= 4 is 27.5 Å². The van der Waals surface area contributed by atoms with E-state index < -0.39 is 0 Å². The second kappa shape index (κ2) is 6.28. The maximum absolute atomic E-state index is 12.6. The van der Waals surface area contributed by atoms with Crippen molar-refractivity contribution < 1.29 is 9.53 Å². The zero-order valence-electron chi connectivity index (χ0n) is 14.5. The monoisotopic (exact) mass is 343 g/mol. The number of ether oxygens (including phenoxy) is 1. The molecule has 1 N–H and O–H groups in total. The number of methoxy groups -OCH3 is 1. The first-order valence-corrected chi connectivity index (χ1v) is 8.61. The predicted molar refractivity (Wildman–Crippen MR) is 96.9 cm³/mol. The second-order valence-electron chi connectivity index (χ2n) is 5.98. The Morgan fingerprint density at radius 3 is 2.75 bits per heavy atom. The number of benzene rings is 1. The maximum Gasteiger partial charge on any atom is 0.261 e. The van der Waals surface area contributed by atoms with Gasteiger partial charge < -0.3 is 10.1 Å². The average Bonchev–Trinajstić information content (AvgIpc) is 3.09. The Labute approximate surface area is 145 Å². The van der Waals surface area contributed by atoms with Crippen molar-refractivity contribution in [2.45, 2.75) is 26.8 Å². The molecule has 0 bridgehead atoms. The number of nitrogens with one attached hydrogen (secondary N) is 1. The van der Waals surface area contributed by atoms with Gasteiger partial charge >= 0.3 is 0 Å². The fourth-order valence-electron chi connectivity index (χ4n) is 2.85. The van der Waals surface area contributed by atoms with E-state index in [0.717, 1.165) is 32.8 Å². The van der Waals surface area contributed by atoms with Crippen LogP contribution in [-0.2, 0) is 7.05 Å². The lowest BCUT2D eigenvalue weighted by Crippen LogP contribution is -2.26. The standard InChI is InChI=1S/C18H21N3O2S/c1-10-6-7-15(23-5)13(8-10)11(2)19-17(22)16-9-14-12(3)20-21(4)18(14)24-16/h6-9,11H,1-5H3,(H,19,22). The Bertz CT molecular complexity index is 876. The SMILES string of the molecule is COc1ccc(C)cc1C(C)NC(=O)c1cc2c(C)nn(C)c2s1. The number of thiophene rings is 1. The molecular formula is C18H21N3O2S. The summed E-state index contributed by atoms with van der Waals surface area (Å²) in [6.07, 6.45) is 0. The molecule has 24 heavy (non-hydrogen) atoms. The third-order valence-electron chi connectivity index (χ3n) is 4.12. The van der Waals surface area contributed by atoms with E-state index in [2.05, 4.69) is 10.4 Å². The molecule has 0 aliphatic carbocycles. The van der Waals surface area contributed by atoms with Gasteiger partial charge in [-0.1, -0.05) is 17.7 Å². The maximum atomic E-state index is 12.6. The summed E-state index contributed by atoms with van der Waals surface area (Å²) in [5.74, 6) is 0.705. The molecule has 2 heterocycles. The highest BCUT2D eigenvalue weighted by molar-refractivity contribution is 7.20. The van der Waals surface area contributed by atoms with Gasteiger partial charge in [-0.25, -0.2) is 0 Å². The van der Waals surface area contributed by atoms with Crippen LogP contribution in [0.5, 0.6) is 5.75 Å². The molecule has 6 heteroatoms. The molecule has 1 aromatic carbocycles. The summed E-state index contributed by atoms with van der Waals surface area (Å²) < 4.78 is 7.23. The molecule has 126 valence electrons. The van der Waals surface area contributed by atoms with Crippen molar-refractivity contribution in [1.29, 1.82) is 0 Å². The number of carbonyl (C=O) groups is 1. The van der Waals surface area contributed by atoms with Gasteiger partial charge in [-0.3, -0.25) is 9.48 Å². The Balaban J connectivity index is 1.85. The Kier molecular flexibility index (Phi) is 4.32. The molecule has 0 saturated heterocycles. The molecule has 3 rings (SSSR count). The Morgan fingerprint density at radius 1 is 1.33 bits per heavy atom. The van der Waals surface area contributed by atoms with Gasteiger partial charge in [0.15, 0.2) is 0 Å². The van der Waals surface area contributed by atoms with Crippen LogP contribution in [0.4, 0.5) is 0 Å². The number of fused-ring (bicyclic) bond motifs is 1. The van der Waals surface area contributed by atoms with Crippen LogP contribution in [0, 0.1) is 13.8 Å². The van der Waals surface area contributed by atoms with Crippen LogP contribution in [0.25, 0.3) is 10.2 Å². The fraction of sp³-hybridized carbons (Fsp3) is 0.333. The molecule has 5 nitrogen and oxygen atoms in total. The van der Waals surface area contributed by atoms with Crippen molar-refractivity contribution in [3.8, 4) is 5.75 Å². The van der Waals surface area contributed by atoms with Crippen molar-refractivity contribution in [2.75, 3.05) is 7.11 Å². The van der Waals surface area contributed by atoms with E-state index in [9.17, 15) is 4.79 Å². The van der Waals surface area contributed by atoms with Crippen LogP contribution in [-0.4, -0.2) is 22.8 Å². The number of rotatable bonds is 4.